The number of para-hydroxylation sites is 1. The molecule has 0 aromatic heterocycles. The Labute approximate surface area is 373 Å². The lowest BCUT2D eigenvalue weighted by Gasteiger charge is -2.34. The molecule has 2 saturated carbocycles. The zero-order valence-electron chi connectivity index (χ0n) is 36.4. The van der Waals surface area contributed by atoms with Crippen LogP contribution in [-0.4, -0.2) is 81.8 Å². The minimum Gasteiger partial charge on any atom is -0.481 e. The molecule has 3 fully saturated rings. The second kappa shape index (κ2) is 20.4. The fourth-order valence-electron chi connectivity index (χ4n) is 8.09. The topological polar surface area (TPSA) is 148 Å². The summed E-state index contributed by atoms with van der Waals surface area (Å²) in [6.07, 6.45) is 5.66. The number of carbonyl (C=O) groups excluding carboxylic acids is 4. The van der Waals surface area contributed by atoms with Crippen LogP contribution in [0.25, 0.3) is 0 Å². The molecule has 4 aromatic carbocycles. The quantitative estimate of drug-likeness (QED) is 0.0835. The Kier molecular flexibility index (Phi) is 14.1. The molecule has 4 aliphatic rings. The van der Waals surface area contributed by atoms with Gasteiger partial charge in [-0.2, -0.15) is 0 Å². The summed E-state index contributed by atoms with van der Waals surface area (Å²) < 4.78 is 37.4. The van der Waals surface area contributed by atoms with E-state index >= 15 is 0 Å². The van der Waals surface area contributed by atoms with E-state index in [2.05, 4.69) is 27.8 Å². The van der Waals surface area contributed by atoms with Gasteiger partial charge in [-0.15, -0.1) is 0 Å². The van der Waals surface area contributed by atoms with E-state index in [0.29, 0.717) is 66.1 Å². The van der Waals surface area contributed by atoms with Crippen molar-refractivity contribution in [3.05, 3.63) is 120 Å². The maximum atomic E-state index is 14.1. The number of carbonyl (C=O) groups is 4. The number of piperazine rings is 1. The van der Waals surface area contributed by atoms with E-state index < -0.39 is 30.1 Å². The summed E-state index contributed by atoms with van der Waals surface area (Å²) >= 11 is 0. The molecule has 13 nitrogen and oxygen atoms in total. The van der Waals surface area contributed by atoms with Crippen molar-refractivity contribution in [1.82, 2.24) is 5.32 Å². The molecule has 0 radical (unpaired) electrons. The molecule has 2 aliphatic carbocycles. The first-order valence-electron chi connectivity index (χ1n) is 22.3. The Hall–Kier alpha value is -6.41. The van der Waals surface area contributed by atoms with E-state index in [1.54, 1.807) is 60.7 Å². The molecule has 3 atom stereocenters. The molecule has 2 amide bonds. The van der Waals surface area contributed by atoms with Crippen molar-refractivity contribution in [3.63, 3.8) is 0 Å². The molecule has 4 aromatic rings. The third-order valence-corrected chi connectivity index (χ3v) is 12.0. The lowest BCUT2D eigenvalue weighted by molar-refractivity contribution is -0.123. The van der Waals surface area contributed by atoms with Gasteiger partial charge in [-0.3, -0.25) is 9.59 Å². The lowest BCUT2D eigenvalue weighted by Crippen LogP contribution is -2.49. The average Bonchev–Trinajstić information content (AvgIpc) is 4.26. The van der Waals surface area contributed by atoms with E-state index in [-0.39, 0.29) is 47.7 Å². The highest BCUT2D eigenvalue weighted by molar-refractivity contribution is 6.04. The van der Waals surface area contributed by atoms with E-state index in [4.69, 9.17) is 18.9 Å². The summed E-state index contributed by atoms with van der Waals surface area (Å²) in [6.45, 7) is 5.07. The van der Waals surface area contributed by atoms with Crippen molar-refractivity contribution in [2.24, 2.45) is 11.8 Å². The normalized spacial score (nSPS) is 18.2. The van der Waals surface area contributed by atoms with Crippen LogP contribution in [0.4, 0.5) is 27.1 Å². The molecule has 3 N–H and O–H groups in total. The first-order valence-corrected chi connectivity index (χ1v) is 22.3. The number of nitrogens with one attached hydrogen (secondary N) is 3. The largest absolute Gasteiger partial charge is 0.481 e. The summed E-state index contributed by atoms with van der Waals surface area (Å²) in [5, 5.41) is 9.33. The molecule has 1 saturated heterocycles. The van der Waals surface area contributed by atoms with Gasteiger partial charge in [0.15, 0.2) is 12.2 Å². The van der Waals surface area contributed by atoms with Crippen LogP contribution in [0.2, 0.25) is 0 Å². The lowest BCUT2D eigenvalue weighted by atomic mass is 10.1. The Morgan fingerprint density at radius 1 is 0.734 bits per heavy atom. The number of halogens is 1. The number of ether oxygens (including phenoxy) is 4. The Bertz CT molecular complexity index is 2330. The number of nitrogens with zero attached hydrogens (tertiary/aromatic N) is 2. The highest BCUT2D eigenvalue weighted by Crippen LogP contribution is 2.37. The first-order chi connectivity index (χ1) is 31.1. The molecule has 14 heteroatoms. The number of esters is 2. The fourth-order valence-corrected chi connectivity index (χ4v) is 8.09. The van der Waals surface area contributed by atoms with Gasteiger partial charge >= 0.3 is 11.9 Å². The number of hydrogen-bond donors (Lipinski definition) is 3. The first kappa shape index (κ1) is 44.2. The fraction of sp³-hybridized carbons (Fsp3) is 0.400. The average molecular weight is 874 g/mol. The standard InChI is InChI=1S/C50H56FN5O8/c1-32-29-56(24-22-52-32)38-17-21-44(54-47(57)45(25-33-10-11-33)63-39-8-4-3-5-9-39)42(28-38)50(60)62-31-35-14-18-40(19-15-35)64-46(26-34-12-13-34)48(58)53-43-20-16-37(27-41(43)49(59)61-2)55-23-6-7-36(51)30-55/h3-5,7-9,14-21,27-28,32-34,45-46,52H,6,10-13,22-26,29-31H2,1-2H3,(H,53,58)(H,54,57)/t32-,45-,46-/m0/s1. The van der Waals surface area contributed by atoms with Crippen molar-refractivity contribution in [1.29, 1.82) is 0 Å². The number of methoxy groups -OCH3 is 1. The summed E-state index contributed by atoms with van der Waals surface area (Å²) in [6, 6.07) is 27.0. The Balaban J connectivity index is 0.937. The van der Waals surface area contributed by atoms with Gasteiger partial charge in [-0.1, -0.05) is 56.0 Å². The van der Waals surface area contributed by atoms with Crippen LogP contribution in [0, 0.1) is 11.8 Å². The van der Waals surface area contributed by atoms with Gasteiger partial charge in [0.05, 0.1) is 36.2 Å². The zero-order valence-corrected chi connectivity index (χ0v) is 36.4. The highest BCUT2D eigenvalue weighted by Gasteiger charge is 2.33. The molecule has 0 bridgehead atoms. The van der Waals surface area contributed by atoms with Crippen LogP contribution in [0.15, 0.2) is 103 Å². The van der Waals surface area contributed by atoms with Gasteiger partial charge in [0, 0.05) is 43.6 Å². The number of rotatable bonds is 18. The predicted octanol–water partition coefficient (Wildman–Crippen LogP) is 8.06. The molecule has 8 rings (SSSR count). The molecule has 336 valence electrons. The summed E-state index contributed by atoms with van der Waals surface area (Å²) in [5.41, 5.74) is 3.18. The minimum atomic E-state index is -0.857. The monoisotopic (exact) mass is 873 g/mol. The molecule has 0 unspecified atom stereocenters. The van der Waals surface area contributed by atoms with Gasteiger partial charge in [0.1, 0.15) is 23.9 Å². The molecule has 2 heterocycles. The van der Waals surface area contributed by atoms with Crippen LogP contribution in [-0.2, 0) is 25.7 Å². The van der Waals surface area contributed by atoms with E-state index in [1.807, 2.05) is 41.3 Å². The summed E-state index contributed by atoms with van der Waals surface area (Å²) in [4.78, 5) is 58.5. The molecule has 64 heavy (non-hydrogen) atoms. The molecule has 0 spiro atoms. The number of hydrogen-bond acceptors (Lipinski definition) is 11. The van der Waals surface area contributed by atoms with Crippen LogP contribution in [0.1, 0.15) is 78.1 Å². The number of amides is 2. The maximum absolute atomic E-state index is 14.1. The summed E-state index contributed by atoms with van der Waals surface area (Å²) in [7, 11) is 1.27. The van der Waals surface area contributed by atoms with E-state index in [0.717, 1.165) is 51.0 Å². The Morgan fingerprint density at radius 2 is 1.31 bits per heavy atom. The van der Waals surface area contributed by atoms with Gasteiger partial charge in [0.25, 0.3) is 11.8 Å². The highest BCUT2D eigenvalue weighted by atomic mass is 19.1. The maximum Gasteiger partial charge on any atom is 0.340 e. The molecular weight excluding hydrogens is 818 g/mol. The second-order valence-corrected chi connectivity index (χ2v) is 17.2. The van der Waals surface area contributed by atoms with Crippen molar-refractivity contribution in [3.8, 4) is 11.5 Å². The van der Waals surface area contributed by atoms with Gasteiger partial charge < -0.3 is 44.7 Å². The number of anilines is 4. The van der Waals surface area contributed by atoms with Crippen LogP contribution >= 0.6 is 0 Å². The second-order valence-electron chi connectivity index (χ2n) is 17.2. The number of benzene rings is 4. The molecule has 2 aliphatic heterocycles. The third kappa shape index (κ3) is 11.8. The Morgan fingerprint density at radius 3 is 1.88 bits per heavy atom. The molecular formula is C50H56FN5O8. The van der Waals surface area contributed by atoms with Crippen molar-refractivity contribution < 1.29 is 42.5 Å². The van der Waals surface area contributed by atoms with Crippen molar-refractivity contribution in [2.45, 2.75) is 76.7 Å². The third-order valence-electron chi connectivity index (χ3n) is 12.0. The zero-order chi connectivity index (χ0) is 44.6. The summed E-state index contributed by atoms with van der Waals surface area (Å²) in [5.74, 6) is -0.406. The van der Waals surface area contributed by atoms with Crippen molar-refractivity contribution in [2.75, 3.05) is 60.3 Å². The minimum absolute atomic E-state index is 0.0541. The smallest absolute Gasteiger partial charge is 0.340 e. The predicted molar refractivity (Wildman–Crippen MR) is 243 cm³/mol. The van der Waals surface area contributed by atoms with Gasteiger partial charge in [-0.25, -0.2) is 14.0 Å². The van der Waals surface area contributed by atoms with E-state index in [1.165, 1.54) is 7.11 Å². The van der Waals surface area contributed by atoms with Crippen LogP contribution in [0.3, 0.4) is 0 Å². The van der Waals surface area contributed by atoms with Crippen LogP contribution in [0.5, 0.6) is 11.5 Å². The SMILES string of the molecule is COC(=O)c1cc(N2CCC=C(F)C2)ccc1NC(=O)[C@H](CC1CC1)Oc1ccc(COC(=O)c2cc(N3CCN[C@@H](C)C3)ccc2NC(=O)[C@H](CC2CC2)Oc2ccccc2)cc1. The van der Waals surface area contributed by atoms with Gasteiger partial charge in [0.2, 0.25) is 0 Å². The van der Waals surface area contributed by atoms with Crippen LogP contribution < -0.4 is 35.2 Å². The van der Waals surface area contributed by atoms with Crippen molar-refractivity contribution >= 4 is 46.5 Å². The van der Waals surface area contributed by atoms with E-state index in [9.17, 15) is 23.6 Å². The van der Waals surface area contributed by atoms with Gasteiger partial charge in [-0.05, 0) is 110 Å².